The first-order valence-electron chi connectivity index (χ1n) is 4.76. The molecule has 0 heterocycles. The number of nitrogens with two attached hydrogens (primary N) is 1. The van der Waals surface area contributed by atoms with Crippen LogP contribution in [0.5, 0.6) is 0 Å². The number of hydrogen-bond donors (Lipinski definition) is 1. The Labute approximate surface area is 80.3 Å². The number of methoxy groups -OCH3 is 1. The number of ether oxygens (including phenoxy) is 3. The Bertz CT molecular complexity index is 80.9. The van der Waals surface area contributed by atoms with E-state index in [1.54, 1.807) is 7.11 Å². The van der Waals surface area contributed by atoms with E-state index in [1.165, 1.54) is 0 Å². The summed E-state index contributed by atoms with van der Waals surface area (Å²) in [5, 5.41) is 0. The molecule has 0 rings (SSSR count). The molecule has 0 radical (unpaired) electrons. The molecule has 0 amide bonds. The van der Waals surface area contributed by atoms with Gasteiger partial charge >= 0.3 is 0 Å². The van der Waals surface area contributed by atoms with Crippen LogP contribution in [0.3, 0.4) is 0 Å². The van der Waals surface area contributed by atoms with Gasteiger partial charge in [-0.1, -0.05) is 0 Å². The van der Waals surface area contributed by atoms with Crippen LogP contribution in [0.15, 0.2) is 0 Å². The molecule has 0 aliphatic carbocycles. The lowest BCUT2D eigenvalue weighted by molar-refractivity contribution is 0.0473. The first-order valence-corrected chi connectivity index (χ1v) is 4.76. The molecule has 0 aliphatic heterocycles. The smallest absolute Gasteiger partial charge is 0.0701 e. The Hall–Kier alpha value is -0.160. The fourth-order valence-electron chi connectivity index (χ4n) is 0.856. The summed E-state index contributed by atoms with van der Waals surface area (Å²) in [5.74, 6) is 0. The molecular weight excluding hydrogens is 170 g/mol. The number of rotatable bonds is 10. The topological polar surface area (TPSA) is 53.7 Å². The van der Waals surface area contributed by atoms with Crippen molar-refractivity contribution in [3.8, 4) is 0 Å². The summed E-state index contributed by atoms with van der Waals surface area (Å²) in [4.78, 5) is 0. The van der Waals surface area contributed by atoms with Gasteiger partial charge in [-0.3, -0.25) is 0 Å². The minimum atomic E-state index is 0.577. The van der Waals surface area contributed by atoms with Crippen molar-refractivity contribution in [2.24, 2.45) is 5.73 Å². The quantitative estimate of drug-likeness (QED) is 0.508. The fourth-order valence-corrected chi connectivity index (χ4v) is 0.856. The van der Waals surface area contributed by atoms with E-state index in [0.29, 0.717) is 26.4 Å². The Balaban J connectivity index is 2.76. The maximum atomic E-state index is 5.31. The van der Waals surface area contributed by atoms with Crippen molar-refractivity contribution in [2.45, 2.75) is 12.8 Å². The second kappa shape index (κ2) is 11.8. The van der Waals surface area contributed by atoms with Crippen molar-refractivity contribution in [1.82, 2.24) is 0 Å². The van der Waals surface area contributed by atoms with Crippen LogP contribution in [0.2, 0.25) is 0 Å². The average Bonchev–Trinajstić information content (AvgIpc) is 2.16. The maximum absolute atomic E-state index is 5.31. The van der Waals surface area contributed by atoms with Crippen LogP contribution in [0.4, 0.5) is 0 Å². The third-order valence-corrected chi connectivity index (χ3v) is 1.52. The van der Waals surface area contributed by atoms with Gasteiger partial charge < -0.3 is 19.9 Å². The molecule has 13 heavy (non-hydrogen) atoms. The van der Waals surface area contributed by atoms with E-state index < -0.39 is 0 Å². The molecule has 0 spiro atoms. The second-order valence-corrected chi connectivity index (χ2v) is 2.71. The van der Waals surface area contributed by atoms with Crippen molar-refractivity contribution in [1.29, 1.82) is 0 Å². The monoisotopic (exact) mass is 191 g/mol. The van der Waals surface area contributed by atoms with Crippen molar-refractivity contribution in [2.75, 3.05) is 46.7 Å². The predicted octanol–water partition coefficient (Wildman–Crippen LogP) is 0.405. The van der Waals surface area contributed by atoms with E-state index in [4.69, 9.17) is 19.9 Å². The number of unbranched alkanes of at least 4 members (excludes halogenated alkanes) is 1. The van der Waals surface area contributed by atoms with Crippen molar-refractivity contribution in [3.05, 3.63) is 0 Å². The lowest BCUT2D eigenvalue weighted by atomic mass is 10.3. The molecule has 0 atom stereocenters. The van der Waals surface area contributed by atoms with Gasteiger partial charge in [-0.15, -0.1) is 0 Å². The lowest BCUT2D eigenvalue weighted by Crippen LogP contribution is -2.12. The first kappa shape index (κ1) is 12.8. The van der Waals surface area contributed by atoms with E-state index in [1.807, 2.05) is 0 Å². The zero-order valence-corrected chi connectivity index (χ0v) is 8.46. The van der Waals surface area contributed by atoms with Gasteiger partial charge in [0.15, 0.2) is 0 Å². The van der Waals surface area contributed by atoms with Gasteiger partial charge in [-0.25, -0.2) is 0 Å². The third kappa shape index (κ3) is 11.8. The molecule has 2 N–H and O–H groups in total. The van der Waals surface area contributed by atoms with Crippen LogP contribution < -0.4 is 5.73 Å². The highest BCUT2D eigenvalue weighted by Gasteiger charge is 1.90. The molecule has 0 unspecified atom stereocenters. The molecule has 0 aromatic heterocycles. The highest BCUT2D eigenvalue weighted by molar-refractivity contribution is 4.38. The van der Waals surface area contributed by atoms with E-state index in [9.17, 15) is 0 Å². The fraction of sp³-hybridized carbons (Fsp3) is 1.00. The Morgan fingerprint density at radius 1 is 0.846 bits per heavy atom. The Morgan fingerprint density at radius 3 is 2.08 bits per heavy atom. The molecule has 0 aliphatic rings. The molecule has 0 saturated carbocycles. The van der Waals surface area contributed by atoms with Crippen LogP contribution >= 0.6 is 0 Å². The van der Waals surface area contributed by atoms with E-state index in [-0.39, 0.29) is 0 Å². The largest absolute Gasteiger partial charge is 0.385 e. The molecule has 0 fully saturated rings. The number of hydrogen-bond acceptors (Lipinski definition) is 4. The van der Waals surface area contributed by atoms with Crippen LogP contribution in [-0.4, -0.2) is 46.7 Å². The summed E-state index contributed by atoms with van der Waals surface area (Å²) in [6.07, 6.45) is 2.10. The van der Waals surface area contributed by atoms with Gasteiger partial charge in [0, 0.05) is 26.9 Å². The summed E-state index contributed by atoms with van der Waals surface area (Å²) in [6.45, 7) is 4.09. The zero-order valence-electron chi connectivity index (χ0n) is 8.46. The van der Waals surface area contributed by atoms with Crippen LogP contribution in [-0.2, 0) is 14.2 Å². The lowest BCUT2D eigenvalue weighted by Gasteiger charge is -2.04. The van der Waals surface area contributed by atoms with Gasteiger partial charge in [-0.05, 0) is 12.8 Å². The summed E-state index contributed by atoms with van der Waals surface area (Å²) >= 11 is 0. The second-order valence-electron chi connectivity index (χ2n) is 2.71. The summed E-state index contributed by atoms with van der Waals surface area (Å²) in [7, 11) is 1.71. The standard InChI is InChI=1S/C9H21NO3/c1-11-5-2-3-6-12-8-9-13-7-4-10/h2-10H2,1H3. The minimum Gasteiger partial charge on any atom is -0.385 e. The molecule has 0 aromatic rings. The van der Waals surface area contributed by atoms with Gasteiger partial charge in [0.1, 0.15) is 0 Å². The summed E-state index contributed by atoms with van der Waals surface area (Å²) in [6, 6.07) is 0. The Kier molecular flexibility index (Phi) is 11.7. The molecule has 0 aromatic carbocycles. The van der Waals surface area contributed by atoms with Gasteiger partial charge in [0.25, 0.3) is 0 Å². The highest BCUT2D eigenvalue weighted by atomic mass is 16.5. The SMILES string of the molecule is COCCCCOCCOCCN. The van der Waals surface area contributed by atoms with Crippen LogP contribution in [0.1, 0.15) is 12.8 Å². The average molecular weight is 191 g/mol. The van der Waals surface area contributed by atoms with Crippen LogP contribution in [0, 0.1) is 0 Å². The highest BCUT2D eigenvalue weighted by Crippen LogP contribution is 1.90. The summed E-state index contributed by atoms with van der Waals surface area (Å²) < 4.78 is 15.3. The predicted molar refractivity (Wildman–Crippen MR) is 51.8 cm³/mol. The first-order chi connectivity index (χ1) is 6.41. The van der Waals surface area contributed by atoms with E-state index in [0.717, 1.165) is 26.1 Å². The molecular formula is C9H21NO3. The van der Waals surface area contributed by atoms with Gasteiger partial charge in [0.05, 0.1) is 19.8 Å². The van der Waals surface area contributed by atoms with E-state index >= 15 is 0 Å². The van der Waals surface area contributed by atoms with Crippen molar-refractivity contribution >= 4 is 0 Å². The minimum absolute atomic E-state index is 0.577. The molecule has 4 nitrogen and oxygen atoms in total. The van der Waals surface area contributed by atoms with E-state index in [2.05, 4.69) is 0 Å². The zero-order chi connectivity index (χ0) is 9.78. The van der Waals surface area contributed by atoms with Gasteiger partial charge in [-0.2, -0.15) is 0 Å². The maximum Gasteiger partial charge on any atom is 0.0701 e. The Morgan fingerprint density at radius 2 is 1.46 bits per heavy atom. The van der Waals surface area contributed by atoms with Crippen LogP contribution in [0.25, 0.3) is 0 Å². The molecule has 4 heteroatoms. The van der Waals surface area contributed by atoms with Crippen molar-refractivity contribution < 1.29 is 14.2 Å². The normalized spacial score (nSPS) is 10.6. The molecule has 80 valence electrons. The third-order valence-electron chi connectivity index (χ3n) is 1.52. The molecule has 0 bridgehead atoms. The molecule has 0 saturated heterocycles. The van der Waals surface area contributed by atoms with Gasteiger partial charge in [0.2, 0.25) is 0 Å². The summed E-state index contributed by atoms with van der Waals surface area (Å²) in [5.41, 5.74) is 5.24. The van der Waals surface area contributed by atoms with Crippen molar-refractivity contribution in [3.63, 3.8) is 0 Å².